The number of Topliss-reactive ketones (excluding diaryl/α,β-unsaturated/α-hetero) is 1. The molecule has 17 heavy (non-hydrogen) atoms. The fourth-order valence-electron chi connectivity index (χ4n) is 2.51. The summed E-state index contributed by atoms with van der Waals surface area (Å²) < 4.78 is 5.43. The Labute approximate surface area is 103 Å². The fraction of sp³-hybridized carbons (Fsp3) is 0.533. The second-order valence-corrected chi connectivity index (χ2v) is 4.66. The molecule has 2 rings (SSSR count). The molecule has 0 saturated heterocycles. The molecule has 0 radical (unpaired) electrons. The van der Waals surface area contributed by atoms with Crippen LogP contribution in [0.25, 0.3) is 0 Å². The predicted molar refractivity (Wildman–Crippen MR) is 68.5 cm³/mol. The number of carbonyl (C=O) groups excluding carboxylic acids is 1. The number of hydrogen-bond donors (Lipinski definition) is 0. The van der Waals surface area contributed by atoms with Crippen LogP contribution in [0.2, 0.25) is 0 Å². The molecule has 0 unspecified atom stereocenters. The molecule has 0 amide bonds. The molecule has 1 aliphatic rings. The zero-order valence-electron chi connectivity index (χ0n) is 10.4. The van der Waals surface area contributed by atoms with Crippen LogP contribution in [0, 0.1) is 5.92 Å². The van der Waals surface area contributed by atoms with Gasteiger partial charge < -0.3 is 4.74 Å². The van der Waals surface area contributed by atoms with E-state index in [1.807, 2.05) is 31.2 Å². The van der Waals surface area contributed by atoms with E-state index >= 15 is 0 Å². The second-order valence-electron chi connectivity index (χ2n) is 4.66. The quantitative estimate of drug-likeness (QED) is 0.737. The molecule has 0 heterocycles. The maximum atomic E-state index is 12.3. The van der Waals surface area contributed by atoms with E-state index in [4.69, 9.17) is 4.74 Å². The Bertz CT molecular complexity index is 378. The van der Waals surface area contributed by atoms with Gasteiger partial charge in [-0.25, -0.2) is 0 Å². The summed E-state index contributed by atoms with van der Waals surface area (Å²) in [7, 11) is 0. The predicted octanol–water partition coefficient (Wildman–Crippen LogP) is 3.85. The minimum Gasteiger partial charge on any atom is -0.494 e. The molecule has 1 aromatic carbocycles. The number of hydrogen-bond acceptors (Lipinski definition) is 2. The van der Waals surface area contributed by atoms with Crippen molar-refractivity contribution in [3.63, 3.8) is 0 Å². The molecule has 0 atom stereocenters. The highest BCUT2D eigenvalue weighted by molar-refractivity contribution is 5.98. The number of ether oxygens (including phenoxy) is 1. The molecule has 2 nitrogen and oxygen atoms in total. The lowest BCUT2D eigenvalue weighted by Crippen LogP contribution is -2.17. The average Bonchev–Trinajstić information content (AvgIpc) is 2.40. The monoisotopic (exact) mass is 232 g/mol. The van der Waals surface area contributed by atoms with E-state index in [1.54, 1.807) is 0 Å². The Morgan fingerprint density at radius 2 is 2.06 bits per heavy atom. The van der Waals surface area contributed by atoms with Gasteiger partial charge in [0.15, 0.2) is 5.78 Å². The molecule has 1 saturated carbocycles. The van der Waals surface area contributed by atoms with E-state index in [9.17, 15) is 4.79 Å². The largest absolute Gasteiger partial charge is 0.494 e. The lowest BCUT2D eigenvalue weighted by atomic mass is 9.84. The van der Waals surface area contributed by atoms with Gasteiger partial charge in [-0.15, -0.1) is 0 Å². The van der Waals surface area contributed by atoms with Crippen LogP contribution in [0.15, 0.2) is 24.3 Å². The van der Waals surface area contributed by atoms with Gasteiger partial charge in [0.1, 0.15) is 5.75 Å². The van der Waals surface area contributed by atoms with Crippen molar-refractivity contribution in [1.82, 2.24) is 0 Å². The van der Waals surface area contributed by atoms with Gasteiger partial charge in [-0.05, 0) is 31.9 Å². The normalized spacial score (nSPS) is 16.8. The first-order valence-corrected chi connectivity index (χ1v) is 6.58. The van der Waals surface area contributed by atoms with Gasteiger partial charge in [-0.3, -0.25) is 4.79 Å². The van der Waals surface area contributed by atoms with Gasteiger partial charge in [0.25, 0.3) is 0 Å². The van der Waals surface area contributed by atoms with Crippen LogP contribution in [0.3, 0.4) is 0 Å². The Morgan fingerprint density at radius 3 is 2.76 bits per heavy atom. The van der Waals surface area contributed by atoms with Crippen molar-refractivity contribution in [3.05, 3.63) is 29.8 Å². The van der Waals surface area contributed by atoms with Crippen molar-refractivity contribution in [3.8, 4) is 5.75 Å². The zero-order chi connectivity index (χ0) is 12.1. The van der Waals surface area contributed by atoms with Gasteiger partial charge in [-0.1, -0.05) is 31.4 Å². The highest BCUT2D eigenvalue weighted by atomic mass is 16.5. The first-order valence-electron chi connectivity index (χ1n) is 6.58. The van der Waals surface area contributed by atoms with Crippen molar-refractivity contribution >= 4 is 5.78 Å². The van der Waals surface area contributed by atoms with Crippen LogP contribution in [-0.2, 0) is 0 Å². The average molecular weight is 232 g/mol. The summed E-state index contributed by atoms with van der Waals surface area (Å²) in [5.41, 5.74) is 0.808. The summed E-state index contributed by atoms with van der Waals surface area (Å²) in [4.78, 5) is 12.3. The smallest absolute Gasteiger partial charge is 0.166 e. The number of rotatable bonds is 4. The molecule has 0 aliphatic heterocycles. The Morgan fingerprint density at radius 1 is 1.29 bits per heavy atom. The Hall–Kier alpha value is -1.31. The lowest BCUT2D eigenvalue weighted by molar-refractivity contribution is 0.0889. The molecule has 0 bridgehead atoms. The third-order valence-corrected chi connectivity index (χ3v) is 3.41. The number of benzene rings is 1. The molecule has 0 N–H and O–H groups in total. The van der Waals surface area contributed by atoms with Gasteiger partial charge in [-0.2, -0.15) is 0 Å². The maximum absolute atomic E-state index is 12.3. The standard InChI is InChI=1S/C15H20O2/c1-2-17-14-10-6-9-13(11-14)15(16)12-7-4-3-5-8-12/h6,9-12H,2-5,7-8H2,1H3. The lowest BCUT2D eigenvalue weighted by Gasteiger charge is -2.20. The van der Waals surface area contributed by atoms with E-state index in [2.05, 4.69) is 0 Å². The molecule has 2 heteroatoms. The van der Waals surface area contributed by atoms with Gasteiger partial charge >= 0.3 is 0 Å². The van der Waals surface area contributed by atoms with E-state index in [0.29, 0.717) is 12.4 Å². The van der Waals surface area contributed by atoms with Crippen LogP contribution >= 0.6 is 0 Å². The highest BCUT2D eigenvalue weighted by Crippen LogP contribution is 2.27. The zero-order valence-corrected chi connectivity index (χ0v) is 10.4. The molecule has 1 aliphatic carbocycles. The summed E-state index contributed by atoms with van der Waals surface area (Å²) in [5.74, 6) is 1.33. The number of ketones is 1. The van der Waals surface area contributed by atoms with E-state index in [0.717, 1.165) is 24.2 Å². The van der Waals surface area contributed by atoms with Crippen molar-refractivity contribution < 1.29 is 9.53 Å². The fourth-order valence-corrected chi connectivity index (χ4v) is 2.51. The molecule has 0 aromatic heterocycles. The van der Waals surface area contributed by atoms with Crippen LogP contribution in [-0.4, -0.2) is 12.4 Å². The van der Waals surface area contributed by atoms with Crippen molar-refractivity contribution in [1.29, 1.82) is 0 Å². The minimum absolute atomic E-state index is 0.237. The Balaban J connectivity index is 2.09. The summed E-state index contributed by atoms with van der Waals surface area (Å²) in [6.45, 7) is 2.59. The van der Waals surface area contributed by atoms with Crippen LogP contribution < -0.4 is 4.74 Å². The minimum atomic E-state index is 0.237. The van der Waals surface area contributed by atoms with Crippen molar-refractivity contribution in [2.24, 2.45) is 5.92 Å². The van der Waals surface area contributed by atoms with Crippen LogP contribution in [0.1, 0.15) is 49.4 Å². The second kappa shape index (κ2) is 5.85. The van der Waals surface area contributed by atoms with Crippen molar-refractivity contribution in [2.75, 3.05) is 6.61 Å². The van der Waals surface area contributed by atoms with E-state index in [1.165, 1.54) is 19.3 Å². The maximum Gasteiger partial charge on any atom is 0.166 e. The summed E-state index contributed by atoms with van der Waals surface area (Å²) in [6, 6.07) is 7.59. The van der Waals surface area contributed by atoms with Gasteiger partial charge in [0.05, 0.1) is 6.61 Å². The molecular weight excluding hydrogens is 212 g/mol. The Kier molecular flexibility index (Phi) is 4.18. The van der Waals surface area contributed by atoms with E-state index < -0.39 is 0 Å². The third-order valence-electron chi connectivity index (χ3n) is 3.41. The first-order chi connectivity index (χ1) is 8.31. The molecule has 1 aromatic rings. The number of carbonyl (C=O) groups is 1. The third kappa shape index (κ3) is 3.09. The topological polar surface area (TPSA) is 26.3 Å². The first kappa shape index (κ1) is 12.2. The molecule has 92 valence electrons. The summed E-state index contributed by atoms with van der Waals surface area (Å²) in [5, 5.41) is 0. The molecular formula is C15H20O2. The van der Waals surface area contributed by atoms with Crippen LogP contribution in [0.4, 0.5) is 0 Å². The SMILES string of the molecule is CCOc1cccc(C(=O)C2CCCCC2)c1. The van der Waals surface area contributed by atoms with Gasteiger partial charge in [0, 0.05) is 11.5 Å². The highest BCUT2D eigenvalue weighted by Gasteiger charge is 2.22. The molecule has 1 fully saturated rings. The molecule has 0 spiro atoms. The van der Waals surface area contributed by atoms with Crippen molar-refractivity contribution in [2.45, 2.75) is 39.0 Å². The van der Waals surface area contributed by atoms with E-state index in [-0.39, 0.29) is 5.92 Å². The van der Waals surface area contributed by atoms with Gasteiger partial charge in [0.2, 0.25) is 0 Å². The van der Waals surface area contributed by atoms with Crippen LogP contribution in [0.5, 0.6) is 5.75 Å². The summed E-state index contributed by atoms with van der Waals surface area (Å²) >= 11 is 0. The summed E-state index contributed by atoms with van der Waals surface area (Å²) in [6.07, 6.45) is 5.78.